The van der Waals surface area contributed by atoms with Crippen LogP contribution in [0.15, 0.2) is 18.2 Å². The predicted molar refractivity (Wildman–Crippen MR) is 64.3 cm³/mol. The number of alkyl halides is 5. The maximum Gasteiger partial charge on any atom is 0.430 e. The number of carbonyl (C=O) groups is 1. The number of rotatable bonds is 4. The molecule has 1 rings (SSSR count). The number of halogens is 5. The Balaban J connectivity index is 0.000000441. The molecule has 114 valence electrons. The largest absolute Gasteiger partial charge is 0.542 e. The van der Waals surface area contributed by atoms with Crippen LogP contribution in [-0.2, 0) is 28.0 Å². The van der Waals surface area contributed by atoms with Crippen molar-refractivity contribution >= 4 is 29.2 Å². The molecule has 3 N–H and O–H groups in total. The van der Waals surface area contributed by atoms with Gasteiger partial charge in [-0.05, 0) is 16.7 Å². The molecule has 0 heterocycles. The van der Waals surface area contributed by atoms with Crippen LogP contribution >= 0.6 is 23.2 Å². The molecule has 0 aliphatic rings. The van der Waals surface area contributed by atoms with Gasteiger partial charge in [-0.1, -0.05) is 18.2 Å². The lowest BCUT2D eigenvalue weighted by molar-refractivity contribution is -0.695. The second-order valence-corrected chi connectivity index (χ2v) is 4.09. The summed E-state index contributed by atoms with van der Waals surface area (Å²) in [5.74, 6) is 1.31. The molecule has 9 heteroatoms. The van der Waals surface area contributed by atoms with Crippen molar-refractivity contribution < 1.29 is 33.8 Å². The van der Waals surface area contributed by atoms with E-state index in [1.165, 1.54) is 0 Å². The van der Waals surface area contributed by atoms with Crippen molar-refractivity contribution in [3.05, 3.63) is 34.9 Å². The maximum atomic E-state index is 10.5. The first kappa shape index (κ1) is 19.0. The minimum absolute atomic E-state index is 0.495. The highest BCUT2D eigenvalue weighted by atomic mass is 35.5. The van der Waals surface area contributed by atoms with Gasteiger partial charge in [0, 0.05) is 11.8 Å². The minimum atomic E-state index is -5.19. The molecule has 0 bridgehead atoms. The zero-order valence-corrected chi connectivity index (χ0v) is 11.7. The Morgan fingerprint density at radius 2 is 1.50 bits per heavy atom. The van der Waals surface area contributed by atoms with Crippen LogP contribution in [0, 0.1) is 0 Å². The first-order valence-electron chi connectivity index (χ1n) is 5.13. The lowest BCUT2D eigenvalue weighted by atomic mass is 10.1. The Bertz CT molecular complexity index is 419. The highest BCUT2D eigenvalue weighted by molar-refractivity contribution is 6.17. The molecule has 0 aliphatic heterocycles. The SMILES string of the molecule is O=C([O-])C(F)(F)F.[NH3+]OCc1cc(CCl)cc(CCl)c1. The topological polar surface area (TPSA) is 77.0 Å². The number of carbonyl (C=O) groups excluding carboxylic acids is 1. The number of hydrogen-bond donors (Lipinski definition) is 1. The Morgan fingerprint density at radius 1 is 1.15 bits per heavy atom. The summed E-state index contributed by atoms with van der Waals surface area (Å²) in [4.78, 5) is 13.6. The smallest absolute Gasteiger partial charge is 0.430 e. The first-order chi connectivity index (χ1) is 9.24. The Morgan fingerprint density at radius 3 is 1.75 bits per heavy atom. The van der Waals surface area contributed by atoms with Gasteiger partial charge in [0.1, 0.15) is 12.6 Å². The molecule has 0 unspecified atom stereocenters. The lowest BCUT2D eigenvalue weighted by Gasteiger charge is -2.04. The quantitative estimate of drug-likeness (QED) is 0.663. The van der Waals surface area contributed by atoms with Crippen molar-refractivity contribution in [2.75, 3.05) is 0 Å². The fraction of sp³-hybridized carbons (Fsp3) is 0.364. The number of hydrogen-bond acceptors (Lipinski definition) is 3. The molecule has 1 aromatic rings. The average Bonchev–Trinajstić information content (AvgIpc) is 2.38. The highest BCUT2D eigenvalue weighted by Gasteiger charge is 2.28. The van der Waals surface area contributed by atoms with E-state index in [0.717, 1.165) is 16.7 Å². The molecule has 0 aromatic heterocycles. The molecular formula is C11H12Cl2F3NO3. The summed E-state index contributed by atoms with van der Waals surface area (Å²) in [6.45, 7) is 0.495. The van der Waals surface area contributed by atoms with Gasteiger partial charge in [0.25, 0.3) is 0 Å². The molecular weight excluding hydrogens is 322 g/mol. The zero-order chi connectivity index (χ0) is 15.8. The summed E-state index contributed by atoms with van der Waals surface area (Å²) in [5, 5.41) is 8.78. The van der Waals surface area contributed by atoms with Crippen molar-refractivity contribution in [3.63, 3.8) is 0 Å². The summed E-state index contributed by atoms with van der Waals surface area (Å²) < 4.78 is 31.5. The van der Waals surface area contributed by atoms with Gasteiger partial charge in [-0.15, -0.1) is 23.2 Å². The van der Waals surface area contributed by atoms with Crippen molar-refractivity contribution in [3.8, 4) is 0 Å². The second kappa shape index (κ2) is 9.02. The molecule has 0 amide bonds. The third-order valence-corrected chi connectivity index (χ3v) is 2.54. The molecule has 20 heavy (non-hydrogen) atoms. The van der Waals surface area contributed by atoms with Crippen LogP contribution < -0.4 is 11.0 Å². The molecule has 0 radical (unpaired) electrons. The van der Waals surface area contributed by atoms with Crippen LogP contribution in [0.1, 0.15) is 16.7 Å². The Hall–Kier alpha value is -1.02. The molecule has 0 atom stereocenters. The van der Waals surface area contributed by atoms with Gasteiger partial charge >= 0.3 is 6.18 Å². The fourth-order valence-electron chi connectivity index (χ4n) is 1.19. The molecule has 0 aliphatic carbocycles. The molecule has 4 nitrogen and oxygen atoms in total. The number of benzene rings is 1. The van der Waals surface area contributed by atoms with Gasteiger partial charge < -0.3 is 9.90 Å². The van der Waals surface area contributed by atoms with E-state index < -0.39 is 12.1 Å². The molecule has 0 saturated heterocycles. The summed E-state index contributed by atoms with van der Waals surface area (Å²) in [7, 11) is 0. The van der Waals surface area contributed by atoms with Gasteiger partial charge in [-0.3, -0.25) is 0 Å². The Labute approximate surface area is 123 Å². The predicted octanol–water partition coefficient (Wildman–Crippen LogP) is 1.14. The Kier molecular flexibility index (Phi) is 8.56. The van der Waals surface area contributed by atoms with Crippen LogP contribution in [0.3, 0.4) is 0 Å². The third kappa shape index (κ3) is 7.54. The van der Waals surface area contributed by atoms with E-state index in [1.807, 2.05) is 18.2 Å². The van der Waals surface area contributed by atoms with Gasteiger partial charge in [0.15, 0.2) is 0 Å². The van der Waals surface area contributed by atoms with E-state index in [4.69, 9.17) is 37.9 Å². The van der Waals surface area contributed by atoms with E-state index in [2.05, 4.69) is 5.90 Å². The zero-order valence-electron chi connectivity index (χ0n) is 10.2. The summed E-state index contributed by atoms with van der Waals surface area (Å²) >= 11 is 11.5. The summed E-state index contributed by atoms with van der Waals surface area (Å²) in [6.07, 6.45) is -5.19. The standard InChI is InChI=1S/C9H12Cl2NO.C2HF3O2/c10-4-7-1-8(5-11)3-9(2-7)6-13-12;3-2(4,5)1(6)7/h1-3H,4-6H2,12H3;(H,6,7)/q+1;/p-1. The number of carboxylic acids is 1. The van der Waals surface area contributed by atoms with Crippen molar-refractivity contribution in [1.29, 1.82) is 0 Å². The molecule has 1 aromatic carbocycles. The van der Waals surface area contributed by atoms with E-state index >= 15 is 0 Å². The van der Waals surface area contributed by atoms with E-state index in [-0.39, 0.29) is 0 Å². The fourth-order valence-corrected chi connectivity index (χ4v) is 1.50. The number of quaternary nitrogens is 1. The van der Waals surface area contributed by atoms with Gasteiger partial charge in [-0.2, -0.15) is 13.2 Å². The number of carboxylic acid groups (broad SMARTS) is 1. The summed E-state index contributed by atoms with van der Waals surface area (Å²) in [5.41, 5.74) is 3.18. The van der Waals surface area contributed by atoms with Crippen LogP contribution in [0.5, 0.6) is 0 Å². The number of aliphatic carboxylic acids is 1. The van der Waals surface area contributed by atoms with Gasteiger partial charge in [-0.25, -0.2) is 10.7 Å². The summed E-state index contributed by atoms with van der Waals surface area (Å²) in [6, 6.07) is 5.98. The van der Waals surface area contributed by atoms with Crippen molar-refractivity contribution in [2.45, 2.75) is 24.5 Å². The first-order valence-corrected chi connectivity index (χ1v) is 6.20. The van der Waals surface area contributed by atoms with E-state index in [1.54, 1.807) is 0 Å². The van der Waals surface area contributed by atoms with E-state index in [9.17, 15) is 13.2 Å². The van der Waals surface area contributed by atoms with Crippen molar-refractivity contribution in [1.82, 2.24) is 0 Å². The molecule has 0 fully saturated rings. The lowest BCUT2D eigenvalue weighted by Crippen LogP contribution is -2.48. The second-order valence-electron chi connectivity index (χ2n) is 3.56. The van der Waals surface area contributed by atoms with Gasteiger partial charge in [0.2, 0.25) is 0 Å². The van der Waals surface area contributed by atoms with Crippen LogP contribution in [-0.4, -0.2) is 12.1 Å². The highest BCUT2D eigenvalue weighted by Crippen LogP contribution is 2.14. The maximum absolute atomic E-state index is 10.5. The monoisotopic (exact) mass is 333 g/mol. The van der Waals surface area contributed by atoms with Gasteiger partial charge in [0.05, 0.1) is 0 Å². The normalized spacial score (nSPS) is 10.7. The van der Waals surface area contributed by atoms with Crippen molar-refractivity contribution in [2.24, 2.45) is 0 Å². The average molecular weight is 334 g/mol. The molecule has 0 spiro atoms. The van der Waals surface area contributed by atoms with E-state index in [0.29, 0.717) is 18.4 Å². The van der Waals surface area contributed by atoms with Crippen LogP contribution in [0.25, 0.3) is 0 Å². The van der Waals surface area contributed by atoms with Crippen LogP contribution in [0.2, 0.25) is 0 Å². The molecule has 0 saturated carbocycles. The van der Waals surface area contributed by atoms with Crippen LogP contribution in [0.4, 0.5) is 13.2 Å². The third-order valence-electron chi connectivity index (χ3n) is 1.92. The minimum Gasteiger partial charge on any atom is -0.542 e.